The van der Waals surface area contributed by atoms with Gasteiger partial charge in [0.15, 0.2) is 0 Å². The van der Waals surface area contributed by atoms with Gasteiger partial charge in [0.05, 0.1) is 5.52 Å². The molecule has 0 unspecified atom stereocenters. The molecule has 0 amide bonds. The fourth-order valence-corrected chi connectivity index (χ4v) is 3.12. The molecule has 3 nitrogen and oxygen atoms in total. The molecule has 3 rings (SSSR count). The second kappa shape index (κ2) is 5.92. The van der Waals surface area contributed by atoms with Gasteiger partial charge in [0.1, 0.15) is 5.82 Å². The predicted octanol–water partition coefficient (Wildman–Crippen LogP) is 4.11. The van der Waals surface area contributed by atoms with E-state index < -0.39 is 0 Å². The Labute approximate surface area is 127 Å². The Morgan fingerprint density at radius 3 is 2.57 bits per heavy atom. The maximum atomic E-state index is 4.78. The summed E-state index contributed by atoms with van der Waals surface area (Å²) in [6.45, 7) is 4.17. The molecule has 1 aromatic heterocycles. The third kappa shape index (κ3) is 3.12. The van der Waals surface area contributed by atoms with Gasteiger partial charge in [-0.2, -0.15) is 0 Å². The van der Waals surface area contributed by atoms with Gasteiger partial charge in [0.2, 0.25) is 0 Å². The standard InChI is InChI=1S/C18H24N3/c1-13-8-10-14(11-9-13)19-18-12-17(21(2)3)15-6-4-5-7-16(15)20-18/h4-7,12-14H,1,8-11H2,2-3H3,(H,19,20). The molecule has 0 aliphatic heterocycles. The molecule has 1 saturated carbocycles. The summed E-state index contributed by atoms with van der Waals surface area (Å²) in [7, 11) is 4.17. The maximum absolute atomic E-state index is 4.78. The molecule has 0 spiro atoms. The van der Waals surface area contributed by atoms with Crippen molar-refractivity contribution in [3.8, 4) is 0 Å². The van der Waals surface area contributed by atoms with E-state index in [0.29, 0.717) is 12.0 Å². The van der Waals surface area contributed by atoms with E-state index in [-0.39, 0.29) is 0 Å². The molecule has 0 bridgehead atoms. The van der Waals surface area contributed by atoms with Crippen molar-refractivity contribution in [2.45, 2.75) is 31.7 Å². The number of para-hydroxylation sites is 1. The van der Waals surface area contributed by atoms with E-state index in [1.54, 1.807) is 0 Å². The number of pyridine rings is 1. The zero-order chi connectivity index (χ0) is 14.8. The van der Waals surface area contributed by atoms with Crippen LogP contribution < -0.4 is 10.2 Å². The van der Waals surface area contributed by atoms with Crippen LogP contribution in [0, 0.1) is 12.8 Å². The quantitative estimate of drug-likeness (QED) is 0.918. The van der Waals surface area contributed by atoms with Crippen LogP contribution in [0.4, 0.5) is 11.5 Å². The first kappa shape index (κ1) is 14.2. The van der Waals surface area contributed by atoms with Crippen LogP contribution in [0.25, 0.3) is 10.9 Å². The first-order chi connectivity index (χ1) is 10.1. The lowest BCUT2D eigenvalue weighted by molar-refractivity contribution is 0.388. The summed E-state index contributed by atoms with van der Waals surface area (Å²) in [5, 5.41) is 4.83. The minimum Gasteiger partial charge on any atom is -0.377 e. The molecular formula is C18H24N3. The SMILES string of the molecule is [CH2]C1CCC(Nc2cc(N(C)C)c3ccccc3n2)CC1. The number of aromatic nitrogens is 1. The van der Waals surface area contributed by atoms with E-state index in [4.69, 9.17) is 4.98 Å². The summed E-state index contributed by atoms with van der Waals surface area (Å²) in [5.41, 5.74) is 2.27. The summed E-state index contributed by atoms with van der Waals surface area (Å²) >= 11 is 0. The number of nitrogens with zero attached hydrogens (tertiary/aromatic N) is 2. The highest BCUT2D eigenvalue weighted by Crippen LogP contribution is 2.30. The molecule has 0 atom stereocenters. The van der Waals surface area contributed by atoms with Crippen molar-refractivity contribution < 1.29 is 0 Å². The largest absolute Gasteiger partial charge is 0.377 e. The summed E-state index contributed by atoms with van der Waals surface area (Å²) in [6, 6.07) is 11.0. The highest BCUT2D eigenvalue weighted by molar-refractivity contribution is 5.93. The number of anilines is 2. The molecule has 3 heteroatoms. The van der Waals surface area contributed by atoms with Crippen LogP contribution in [0.15, 0.2) is 30.3 Å². The van der Waals surface area contributed by atoms with Crippen LogP contribution >= 0.6 is 0 Å². The van der Waals surface area contributed by atoms with Gasteiger partial charge in [0, 0.05) is 37.3 Å². The Morgan fingerprint density at radius 1 is 1.14 bits per heavy atom. The Morgan fingerprint density at radius 2 is 1.86 bits per heavy atom. The second-order valence-corrected chi connectivity index (χ2v) is 6.30. The molecule has 1 fully saturated rings. The third-order valence-electron chi connectivity index (χ3n) is 4.37. The highest BCUT2D eigenvalue weighted by atomic mass is 15.1. The normalized spacial score (nSPS) is 22.2. The average Bonchev–Trinajstić information content (AvgIpc) is 2.48. The minimum absolute atomic E-state index is 0.534. The van der Waals surface area contributed by atoms with E-state index in [2.05, 4.69) is 55.5 Å². The van der Waals surface area contributed by atoms with Gasteiger partial charge in [-0.3, -0.25) is 0 Å². The summed E-state index contributed by atoms with van der Waals surface area (Å²) in [5.74, 6) is 1.62. The lowest BCUT2D eigenvalue weighted by atomic mass is 9.87. The van der Waals surface area contributed by atoms with Crippen LogP contribution in [0.3, 0.4) is 0 Å². The van der Waals surface area contributed by atoms with Crippen LogP contribution in [0.1, 0.15) is 25.7 Å². The molecule has 1 aliphatic rings. The minimum atomic E-state index is 0.534. The second-order valence-electron chi connectivity index (χ2n) is 6.30. The summed E-state index contributed by atoms with van der Waals surface area (Å²) < 4.78 is 0. The van der Waals surface area contributed by atoms with Crippen molar-refractivity contribution in [2.75, 3.05) is 24.3 Å². The molecule has 1 aromatic carbocycles. The van der Waals surface area contributed by atoms with E-state index >= 15 is 0 Å². The lowest BCUT2D eigenvalue weighted by Gasteiger charge is -2.28. The molecule has 0 saturated heterocycles. The molecule has 1 heterocycles. The summed E-state index contributed by atoms with van der Waals surface area (Å²) in [4.78, 5) is 6.93. The topological polar surface area (TPSA) is 28.2 Å². The van der Waals surface area contributed by atoms with Crippen LogP contribution in [0.5, 0.6) is 0 Å². The number of rotatable bonds is 3. The van der Waals surface area contributed by atoms with Gasteiger partial charge < -0.3 is 10.2 Å². The van der Waals surface area contributed by atoms with Crippen LogP contribution in [-0.4, -0.2) is 25.1 Å². The number of hydrogen-bond donors (Lipinski definition) is 1. The molecule has 21 heavy (non-hydrogen) atoms. The highest BCUT2D eigenvalue weighted by Gasteiger charge is 2.19. The fraction of sp³-hybridized carbons (Fsp3) is 0.444. The molecule has 1 N–H and O–H groups in total. The van der Waals surface area contributed by atoms with E-state index in [9.17, 15) is 0 Å². The zero-order valence-corrected chi connectivity index (χ0v) is 13.0. The molecule has 1 aliphatic carbocycles. The molecule has 111 valence electrons. The number of nitrogens with one attached hydrogen (secondary N) is 1. The van der Waals surface area contributed by atoms with E-state index in [1.807, 2.05) is 6.07 Å². The van der Waals surface area contributed by atoms with Crippen molar-refractivity contribution in [3.05, 3.63) is 37.3 Å². The van der Waals surface area contributed by atoms with E-state index in [0.717, 1.165) is 11.3 Å². The zero-order valence-electron chi connectivity index (χ0n) is 13.0. The average molecular weight is 282 g/mol. The first-order valence-electron chi connectivity index (χ1n) is 7.80. The van der Waals surface area contributed by atoms with Gasteiger partial charge in [-0.15, -0.1) is 0 Å². The first-order valence-corrected chi connectivity index (χ1v) is 7.80. The van der Waals surface area contributed by atoms with Gasteiger partial charge in [-0.25, -0.2) is 4.98 Å². The van der Waals surface area contributed by atoms with Crippen molar-refractivity contribution >= 4 is 22.4 Å². The monoisotopic (exact) mass is 282 g/mol. The molecule has 2 aromatic rings. The van der Waals surface area contributed by atoms with Gasteiger partial charge in [-0.05, 0) is 37.7 Å². The maximum Gasteiger partial charge on any atom is 0.128 e. The van der Waals surface area contributed by atoms with E-state index in [1.165, 1.54) is 36.8 Å². The lowest BCUT2D eigenvalue weighted by Crippen LogP contribution is -2.25. The van der Waals surface area contributed by atoms with Gasteiger partial charge in [0.25, 0.3) is 0 Å². The summed E-state index contributed by atoms with van der Waals surface area (Å²) in [6.07, 6.45) is 4.82. The third-order valence-corrected chi connectivity index (χ3v) is 4.37. The Bertz CT molecular complexity index is 613. The van der Waals surface area contributed by atoms with Crippen LogP contribution in [0.2, 0.25) is 0 Å². The van der Waals surface area contributed by atoms with Crippen molar-refractivity contribution in [1.29, 1.82) is 0 Å². The van der Waals surface area contributed by atoms with Crippen molar-refractivity contribution in [1.82, 2.24) is 4.98 Å². The number of benzene rings is 1. The van der Waals surface area contributed by atoms with Gasteiger partial charge >= 0.3 is 0 Å². The smallest absolute Gasteiger partial charge is 0.128 e. The van der Waals surface area contributed by atoms with Gasteiger partial charge in [-0.1, -0.05) is 25.1 Å². The molecular weight excluding hydrogens is 258 g/mol. The fourth-order valence-electron chi connectivity index (χ4n) is 3.12. The molecule has 1 radical (unpaired) electrons. The van der Waals surface area contributed by atoms with Crippen LogP contribution in [-0.2, 0) is 0 Å². The Balaban J connectivity index is 1.88. The number of hydrogen-bond acceptors (Lipinski definition) is 3. The van der Waals surface area contributed by atoms with Crippen molar-refractivity contribution in [3.63, 3.8) is 0 Å². The number of fused-ring (bicyclic) bond motifs is 1. The Hall–Kier alpha value is -1.77. The Kier molecular flexibility index (Phi) is 4.00. The van der Waals surface area contributed by atoms with Crippen molar-refractivity contribution in [2.24, 2.45) is 5.92 Å². The predicted molar refractivity (Wildman–Crippen MR) is 90.8 cm³/mol.